The molecule has 2 aliphatic heterocycles. The van der Waals surface area contributed by atoms with Gasteiger partial charge >= 0.3 is 0 Å². The van der Waals surface area contributed by atoms with E-state index in [2.05, 4.69) is 5.32 Å². The van der Waals surface area contributed by atoms with Crippen molar-refractivity contribution < 1.29 is 14.3 Å². The molecule has 24 heavy (non-hydrogen) atoms. The van der Waals surface area contributed by atoms with Crippen molar-refractivity contribution in [3.63, 3.8) is 0 Å². The third kappa shape index (κ3) is 2.32. The van der Waals surface area contributed by atoms with Crippen LogP contribution in [0.2, 0.25) is 0 Å². The SMILES string of the molecule is O=C1CNC[C@H]2[C@H](c3ccc(-c4ccccc4F)cc3)[C@H](CO)N12. The molecule has 0 bridgehead atoms. The molecule has 2 aromatic rings. The number of piperazine rings is 1. The summed E-state index contributed by atoms with van der Waals surface area (Å²) in [5.74, 6) is -0.0821. The first-order valence-corrected chi connectivity index (χ1v) is 8.18. The van der Waals surface area contributed by atoms with Crippen molar-refractivity contribution in [2.45, 2.75) is 18.0 Å². The van der Waals surface area contributed by atoms with Gasteiger partial charge in [0.05, 0.1) is 25.2 Å². The molecule has 4 rings (SSSR count). The molecule has 0 saturated carbocycles. The predicted molar refractivity (Wildman–Crippen MR) is 89.0 cm³/mol. The maximum absolute atomic E-state index is 13.9. The number of hydrogen-bond donors (Lipinski definition) is 2. The van der Waals surface area contributed by atoms with E-state index in [1.165, 1.54) is 6.07 Å². The van der Waals surface area contributed by atoms with Crippen LogP contribution in [0.1, 0.15) is 11.5 Å². The number of carbonyl (C=O) groups is 1. The highest BCUT2D eigenvalue weighted by molar-refractivity contribution is 5.81. The Kier molecular flexibility index (Phi) is 3.82. The Hall–Kier alpha value is -2.24. The molecule has 2 saturated heterocycles. The lowest BCUT2D eigenvalue weighted by atomic mass is 9.74. The summed E-state index contributed by atoms with van der Waals surface area (Å²) in [5, 5.41) is 12.8. The van der Waals surface area contributed by atoms with Gasteiger partial charge in [0.1, 0.15) is 5.82 Å². The molecule has 3 atom stereocenters. The molecule has 0 aromatic heterocycles. The molecule has 2 aliphatic rings. The van der Waals surface area contributed by atoms with Crippen LogP contribution in [0.15, 0.2) is 48.5 Å². The average Bonchev–Trinajstić information content (AvgIpc) is 2.58. The van der Waals surface area contributed by atoms with Gasteiger partial charge in [-0.1, -0.05) is 42.5 Å². The Morgan fingerprint density at radius 3 is 2.62 bits per heavy atom. The van der Waals surface area contributed by atoms with Crippen LogP contribution >= 0.6 is 0 Å². The molecule has 1 amide bonds. The topological polar surface area (TPSA) is 52.6 Å². The number of rotatable bonds is 3. The summed E-state index contributed by atoms with van der Waals surface area (Å²) in [4.78, 5) is 13.8. The number of fused-ring (bicyclic) bond motifs is 1. The van der Waals surface area contributed by atoms with E-state index < -0.39 is 0 Å². The van der Waals surface area contributed by atoms with E-state index in [9.17, 15) is 14.3 Å². The van der Waals surface area contributed by atoms with E-state index in [0.29, 0.717) is 12.1 Å². The highest BCUT2D eigenvalue weighted by Crippen LogP contribution is 2.41. The minimum absolute atomic E-state index is 0.0397. The van der Waals surface area contributed by atoms with Gasteiger partial charge in [-0.15, -0.1) is 0 Å². The van der Waals surface area contributed by atoms with Crippen LogP contribution in [0.4, 0.5) is 4.39 Å². The summed E-state index contributed by atoms with van der Waals surface area (Å²) in [6.07, 6.45) is 0. The number of amides is 1. The van der Waals surface area contributed by atoms with Gasteiger partial charge in [0.15, 0.2) is 0 Å². The number of halogens is 1. The van der Waals surface area contributed by atoms with Gasteiger partial charge in [0.2, 0.25) is 5.91 Å². The maximum atomic E-state index is 13.9. The first kappa shape index (κ1) is 15.3. The molecule has 2 heterocycles. The molecular formula is C19H19FN2O2. The number of hydrogen-bond acceptors (Lipinski definition) is 3. The normalized spacial score (nSPS) is 26.0. The standard InChI is InChI=1S/C19H19FN2O2/c20-15-4-2-1-3-14(15)12-5-7-13(8-6-12)19-16-9-21-10-18(24)22(16)17(19)11-23/h1-8,16-17,19,21,23H,9-11H2/t16-,17-,19-/m0/s1. The fourth-order valence-electron chi connectivity index (χ4n) is 3.99. The van der Waals surface area contributed by atoms with Crippen LogP contribution in [-0.4, -0.2) is 47.7 Å². The zero-order valence-corrected chi connectivity index (χ0v) is 13.2. The molecule has 0 unspecified atom stereocenters. The molecule has 4 nitrogen and oxygen atoms in total. The molecule has 2 N–H and O–H groups in total. The van der Waals surface area contributed by atoms with Crippen LogP contribution in [0.3, 0.4) is 0 Å². The van der Waals surface area contributed by atoms with E-state index in [0.717, 1.165) is 17.7 Å². The summed E-state index contributed by atoms with van der Waals surface area (Å²) in [6.45, 7) is 1.04. The van der Waals surface area contributed by atoms with E-state index in [1.807, 2.05) is 30.3 Å². The van der Waals surface area contributed by atoms with Crippen molar-refractivity contribution in [3.05, 3.63) is 59.9 Å². The van der Waals surface area contributed by atoms with Gasteiger partial charge in [0, 0.05) is 18.0 Å². The molecule has 124 valence electrons. The smallest absolute Gasteiger partial charge is 0.237 e. The Labute approximate surface area is 139 Å². The van der Waals surface area contributed by atoms with Crippen LogP contribution in [0.5, 0.6) is 0 Å². The van der Waals surface area contributed by atoms with E-state index >= 15 is 0 Å². The summed E-state index contributed by atoms with van der Waals surface area (Å²) >= 11 is 0. The Morgan fingerprint density at radius 2 is 1.92 bits per heavy atom. The van der Waals surface area contributed by atoms with Crippen LogP contribution in [-0.2, 0) is 4.79 Å². The van der Waals surface area contributed by atoms with Crippen LogP contribution < -0.4 is 5.32 Å². The highest BCUT2D eigenvalue weighted by Gasteiger charge is 2.52. The fourth-order valence-corrected chi connectivity index (χ4v) is 3.99. The lowest BCUT2D eigenvalue weighted by Gasteiger charge is -2.57. The van der Waals surface area contributed by atoms with Crippen LogP contribution in [0.25, 0.3) is 11.1 Å². The first-order chi connectivity index (χ1) is 11.7. The van der Waals surface area contributed by atoms with Crippen molar-refractivity contribution in [1.82, 2.24) is 10.2 Å². The van der Waals surface area contributed by atoms with E-state index in [4.69, 9.17) is 0 Å². The predicted octanol–water partition coefficient (Wildman–Crippen LogP) is 1.75. The van der Waals surface area contributed by atoms with Gasteiger partial charge in [-0.25, -0.2) is 4.39 Å². The zero-order chi connectivity index (χ0) is 16.7. The van der Waals surface area contributed by atoms with Gasteiger partial charge < -0.3 is 15.3 Å². The molecule has 0 aliphatic carbocycles. The summed E-state index contributed by atoms with van der Waals surface area (Å²) in [7, 11) is 0. The third-order valence-corrected chi connectivity index (χ3v) is 5.13. The number of benzene rings is 2. The second-order valence-corrected chi connectivity index (χ2v) is 6.38. The Bertz CT molecular complexity index is 756. The van der Waals surface area contributed by atoms with Crippen LogP contribution in [0, 0.1) is 5.82 Å². The largest absolute Gasteiger partial charge is 0.394 e. The quantitative estimate of drug-likeness (QED) is 0.904. The number of nitrogens with zero attached hydrogens (tertiary/aromatic N) is 1. The first-order valence-electron chi connectivity index (χ1n) is 8.18. The van der Waals surface area contributed by atoms with Crippen molar-refractivity contribution in [2.75, 3.05) is 19.7 Å². The summed E-state index contributed by atoms with van der Waals surface area (Å²) in [5.41, 5.74) is 2.48. The molecule has 0 spiro atoms. The summed E-state index contributed by atoms with van der Waals surface area (Å²) in [6, 6.07) is 14.4. The summed E-state index contributed by atoms with van der Waals surface area (Å²) < 4.78 is 13.9. The van der Waals surface area contributed by atoms with Gasteiger partial charge in [-0.3, -0.25) is 4.79 Å². The monoisotopic (exact) mass is 326 g/mol. The van der Waals surface area contributed by atoms with Gasteiger partial charge in [-0.05, 0) is 17.2 Å². The minimum atomic E-state index is -0.240. The minimum Gasteiger partial charge on any atom is -0.394 e. The Morgan fingerprint density at radius 1 is 1.17 bits per heavy atom. The maximum Gasteiger partial charge on any atom is 0.237 e. The van der Waals surface area contributed by atoms with E-state index in [-0.39, 0.29) is 36.3 Å². The van der Waals surface area contributed by atoms with Gasteiger partial charge in [-0.2, -0.15) is 0 Å². The van der Waals surface area contributed by atoms with Crippen molar-refractivity contribution in [3.8, 4) is 11.1 Å². The second kappa shape index (κ2) is 6.00. The van der Waals surface area contributed by atoms with Crippen molar-refractivity contribution in [1.29, 1.82) is 0 Å². The molecule has 2 fully saturated rings. The van der Waals surface area contributed by atoms with Gasteiger partial charge in [0.25, 0.3) is 0 Å². The van der Waals surface area contributed by atoms with Crippen molar-refractivity contribution >= 4 is 5.91 Å². The lowest BCUT2D eigenvalue weighted by molar-refractivity contribution is -0.153. The molecule has 5 heteroatoms. The number of aliphatic hydroxyl groups is 1. The molecular weight excluding hydrogens is 307 g/mol. The van der Waals surface area contributed by atoms with E-state index in [1.54, 1.807) is 17.0 Å². The van der Waals surface area contributed by atoms with Crippen molar-refractivity contribution in [2.24, 2.45) is 0 Å². The zero-order valence-electron chi connectivity index (χ0n) is 13.2. The highest BCUT2D eigenvalue weighted by atomic mass is 19.1. The second-order valence-electron chi connectivity index (χ2n) is 6.38. The third-order valence-electron chi connectivity index (χ3n) is 5.13. The number of aliphatic hydroxyl groups excluding tert-OH is 1. The molecule has 2 aromatic carbocycles. The Balaban J connectivity index is 1.61. The number of carbonyl (C=O) groups excluding carboxylic acids is 1. The number of nitrogens with one attached hydrogen (secondary N) is 1. The fraction of sp³-hybridized carbons (Fsp3) is 0.316. The average molecular weight is 326 g/mol. The molecule has 0 radical (unpaired) electrons. The lowest BCUT2D eigenvalue weighted by Crippen LogP contribution is -2.72.